The molecule has 1 aromatic carbocycles. The van der Waals surface area contributed by atoms with Gasteiger partial charge in [-0.15, -0.1) is 0 Å². The smallest absolute Gasteiger partial charge is 0.292 e. The fourth-order valence-electron chi connectivity index (χ4n) is 1.60. The van der Waals surface area contributed by atoms with Gasteiger partial charge >= 0.3 is 0 Å². The second-order valence-corrected chi connectivity index (χ2v) is 4.59. The summed E-state index contributed by atoms with van der Waals surface area (Å²) in [6.07, 6.45) is 1.89. The van der Waals surface area contributed by atoms with E-state index in [1.165, 1.54) is 6.07 Å². The molecule has 0 aliphatic rings. The van der Waals surface area contributed by atoms with Crippen LogP contribution in [0.5, 0.6) is 0 Å². The largest absolute Gasteiger partial charge is 0.379 e. The minimum Gasteiger partial charge on any atom is -0.379 e. The third kappa shape index (κ3) is 4.16. The molecule has 0 bridgehead atoms. The molecule has 1 N–H and O–H groups in total. The Hall–Kier alpha value is -1.91. The van der Waals surface area contributed by atoms with Crippen LogP contribution >= 0.6 is 0 Å². The van der Waals surface area contributed by atoms with Crippen LogP contribution in [0.1, 0.15) is 25.8 Å². The van der Waals surface area contributed by atoms with Gasteiger partial charge in [-0.25, -0.2) is 0 Å². The van der Waals surface area contributed by atoms with Crippen molar-refractivity contribution >= 4 is 17.7 Å². The van der Waals surface area contributed by atoms with Crippen LogP contribution in [0.15, 0.2) is 18.2 Å². The third-order valence-corrected chi connectivity index (χ3v) is 2.62. The van der Waals surface area contributed by atoms with E-state index in [9.17, 15) is 14.9 Å². The average Bonchev–Trinajstić information content (AvgIpc) is 2.30. The van der Waals surface area contributed by atoms with E-state index in [2.05, 4.69) is 19.2 Å². The zero-order chi connectivity index (χ0) is 13.5. The molecule has 0 aromatic heterocycles. The molecule has 0 radical (unpaired) electrons. The number of nitro benzene ring substituents is 1. The molecule has 0 unspecified atom stereocenters. The molecular weight excluding hydrogens is 232 g/mol. The van der Waals surface area contributed by atoms with Crippen LogP contribution in [0.3, 0.4) is 0 Å². The number of hydrogen-bond donors (Lipinski definition) is 1. The highest BCUT2D eigenvalue weighted by Crippen LogP contribution is 2.25. The summed E-state index contributed by atoms with van der Waals surface area (Å²) >= 11 is 0. The van der Waals surface area contributed by atoms with Crippen LogP contribution < -0.4 is 5.32 Å². The normalized spacial score (nSPS) is 10.4. The Morgan fingerprint density at radius 2 is 2.17 bits per heavy atom. The number of benzene rings is 1. The second kappa shape index (κ2) is 6.74. The summed E-state index contributed by atoms with van der Waals surface area (Å²) in [4.78, 5) is 20.9. The number of carbonyl (C=O) groups is 1. The first-order valence-electron chi connectivity index (χ1n) is 5.99. The molecule has 0 amide bonds. The van der Waals surface area contributed by atoms with Gasteiger partial charge in [-0.05, 0) is 24.0 Å². The van der Waals surface area contributed by atoms with E-state index in [-0.39, 0.29) is 12.1 Å². The summed E-state index contributed by atoms with van der Waals surface area (Å²) in [5.74, 6) is 0.547. The maximum absolute atomic E-state index is 11.0. The van der Waals surface area contributed by atoms with Gasteiger partial charge in [-0.2, -0.15) is 0 Å². The van der Waals surface area contributed by atoms with Crippen molar-refractivity contribution in [2.75, 3.05) is 11.9 Å². The highest BCUT2D eigenvalue weighted by Gasteiger charge is 2.14. The Bertz CT molecular complexity index is 430. The van der Waals surface area contributed by atoms with Gasteiger partial charge < -0.3 is 10.1 Å². The summed E-state index contributed by atoms with van der Waals surface area (Å²) in [5.41, 5.74) is 1.19. The van der Waals surface area contributed by atoms with E-state index in [0.717, 1.165) is 12.7 Å². The zero-order valence-electron chi connectivity index (χ0n) is 10.7. The van der Waals surface area contributed by atoms with Crippen molar-refractivity contribution in [2.24, 2.45) is 5.92 Å². The van der Waals surface area contributed by atoms with Gasteiger partial charge in [0.1, 0.15) is 12.0 Å². The quantitative estimate of drug-likeness (QED) is 0.459. The van der Waals surface area contributed by atoms with Crippen molar-refractivity contribution in [2.45, 2.75) is 26.7 Å². The van der Waals surface area contributed by atoms with Crippen LogP contribution in [-0.2, 0) is 11.2 Å². The van der Waals surface area contributed by atoms with Crippen LogP contribution in [-0.4, -0.2) is 17.8 Å². The fraction of sp³-hybridized carbons (Fsp3) is 0.462. The van der Waals surface area contributed by atoms with Crippen molar-refractivity contribution in [3.05, 3.63) is 33.9 Å². The number of hydrogen-bond acceptors (Lipinski definition) is 4. The van der Waals surface area contributed by atoms with Gasteiger partial charge in [0.2, 0.25) is 0 Å². The molecule has 0 heterocycles. The van der Waals surface area contributed by atoms with Crippen molar-refractivity contribution in [1.82, 2.24) is 0 Å². The summed E-state index contributed by atoms with van der Waals surface area (Å²) in [5, 5.41) is 14.0. The Kier molecular flexibility index (Phi) is 5.30. The van der Waals surface area contributed by atoms with Gasteiger partial charge in [-0.1, -0.05) is 19.9 Å². The number of nitrogens with zero attached hydrogens (tertiary/aromatic N) is 1. The predicted molar refractivity (Wildman–Crippen MR) is 70.8 cm³/mol. The number of aldehydes is 1. The van der Waals surface area contributed by atoms with E-state index in [1.54, 1.807) is 12.1 Å². The first-order valence-corrected chi connectivity index (χ1v) is 5.99. The zero-order valence-corrected chi connectivity index (χ0v) is 10.7. The number of nitrogens with one attached hydrogen (secondary N) is 1. The molecule has 98 valence electrons. The molecule has 0 fully saturated rings. The maximum atomic E-state index is 11.0. The third-order valence-electron chi connectivity index (χ3n) is 2.62. The minimum absolute atomic E-state index is 0.0260. The number of nitro groups is 1. The molecule has 0 saturated heterocycles. The molecular formula is C13H18N2O3. The molecule has 1 aromatic rings. The van der Waals surface area contributed by atoms with E-state index < -0.39 is 4.92 Å². The minimum atomic E-state index is -0.425. The molecule has 0 atom stereocenters. The lowest BCUT2D eigenvalue weighted by atomic mass is 10.1. The SMILES string of the molecule is CC(C)CCNc1ccc(CC=O)cc1[N+](=O)[O-]. The summed E-state index contributed by atoms with van der Waals surface area (Å²) in [7, 11) is 0. The maximum Gasteiger partial charge on any atom is 0.292 e. The van der Waals surface area contributed by atoms with E-state index >= 15 is 0 Å². The highest BCUT2D eigenvalue weighted by atomic mass is 16.6. The number of carbonyl (C=O) groups excluding carboxylic acids is 1. The van der Waals surface area contributed by atoms with Crippen LogP contribution in [0, 0.1) is 16.0 Å². The van der Waals surface area contributed by atoms with Crippen LogP contribution in [0.4, 0.5) is 11.4 Å². The van der Waals surface area contributed by atoms with Gasteiger partial charge in [0, 0.05) is 19.0 Å². The van der Waals surface area contributed by atoms with Gasteiger partial charge in [-0.3, -0.25) is 10.1 Å². The molecule has 1 rings (SSSR count). The molecule has 0 spiro atoms. The lowest BCUT2D eigenvalue weighted by Gasteiger charge is -2.09. The second-order valence-electron chi connectivity index (χ2n) is 4.59. The Labute approximate surface area is 106 Å². The van der Waals surface area contributed by atoms with E-state index in [1.807, 2.05) is 0 Å². The lowest BCUT2D eigenvalue weighted by Crippen LogP contribution is -2.07. The molecule has 5 nitrogen and oxygen atoms in total. The van der Waals surface area contributed by atoms with E-state index in [4.69, 9.17) is 0 Å². The fourth-order valence-corrected chi connectivity index (χ4v) is 1.60. The molecule has 0 aliphatic heterocycles. The Morgan fingerprint density at radius 3 is 2.72 bits per heavy atom. The van der Waals surface area contributed by atoms with Gasteiger partial charge in [0.05, 0.1) is 4.92 Å². The van der Waals surface area contributed by atoms with Crippen molar-refractivity contribution < 1.29 is 9.72 Å². The predicted octanol–water partition coefficient (Wildman–Crippen LogP) is 2.79. The number of anilines is 1. The van der Waals surface area contributed by atoms with Crippen LogP contribution in [0.2, 0.25) is 0 Å². The van der Waals surface area contributed by atoms with Gasteiger partial charge in [0.25, 0.3) is 5.69 Å². The average molecular weight is 250 g/mol. The van der Waals surface area contributed by atoms with Crippen molar-refractivity contribution in [3.63, 3.8) is 0 Å². The van der Waals surface area contributed by atoms with Gasteiger partial charge in [0.15, 0.2) is 0 Å². The first kappa shape index (κ1) is 14.2. The summed E-state index contributed by atoms with van der Waals surface area (Å²) in [6.45, 7) is 4.90. The molecule has 18 heavy (non-hydrogen) atoms. The molecule has 0 saturated carbocycles. The molecule has 5 heteroatoms. The van der Waals surface area contributed by atoms with Crippen molar-refractivity contribution in [1.29, 1.82) is 0 Å². The molecule has 0 aliphatic carbocycles. The standard InChI is InChI=1S/C13H18N2O3/c1-10(2)5-7-14-12-4-3-11(6-8-16)9-13(12)15(17)18/h3-4,8-10,14H,5-7H2,1-2H3. The monoisotopic (exact) mass is 250 g/mol. The Morgan fingerprint density at radius 1 is 1.44 bits per heavy atom. The summed E-state index contributed by atoms with van der Waals surface area (Å²) < 4.78 is 0. The number of rotatable bonds is 7. The topological polar surface area (TPSA) is 72.2 Å². The lowest BCUT2D eigenvalue weighted by molar-refractivity contribution is -0.384. The highest BCUT2D eigenvalue weighted by molar-refractivity contribution is 5.65. The first-order chi connectivity index (χ1) is 8.54. The Balaban J connectivity index is 2.83. The van der Waals surface area contributed by atoms with Crippen LogP contribution in [0.25, 0.3) is 0 Å². The summed E-state index contributed by atoms with van der Waals surface area (Å²) in [6, 6.07) is 4.85. The van der Waals surface area contributed by atoms with Crippen molar-refractivity contribution in [3.8, 4) is 0 Å². The van der Waals surface area contributed by atoms with E-state index in [0.29, 0.717) is 23.7 Å².